The number of aromatic nitrogens is 3. The number of ether oxygens (including phenoxy) is 1. The number of rotatable bonds is 4. The van der Waals surface area contributed by atoms with Crippen LogP contribution < -0.4 is 5.32 Å². The SMILES string of the molecule is Cc1ccc(C(=O)NCc2cnc([C@]3(C)CCCCO3)nc2)cn1. The first-order valence-corrected chi connectivity index (χ1v) is 8.23. The van der Waals surface area contributed by atoms with Crippen molar-refractivity contribution in [2.45, 2.75) is 45.3 Å². The van der Waals surface area contributed by atoms with Crippen LogP contribution in [0, 0.1) is 6.92 Å². The molecular formula is C18H22N4O2. The summed E-state index contributed by atoms with van der Waals surface area (Å²) in [6, 6.07) is 3.58. The van der Waals surface area contributed by atoms with Gasteiger partial charge in [0.25, 0.3) is 5.91 Å². The fourth-order valence-corrected chi connectivity index (χ4v) is 2.72. The molecule has 0 saturated carbocycles. The van der Waals surface area contributed by atoms with Gasteiger partial charge in [-0.25, -0.2) is 9.97 Å². The highest BCUT2D eigenvalue weighted by molar-refractivity contribution is 5.93. The molecule has 0 aliphatic carbocycles. The topological polar surface area (TPSA) is 77.0 Å². The van der Waals surface area contributed by atoms with Crippen LogP contribution in [0.5, 0.6) is 0 Å². The Morgan fingerprint density at radius 3 is 2.62 bits per heavy atom. The standard InChI is InChI=1S/C18H22N4O2/c1-13-5-6-15(12-19-13)16(23)20-9-14-10-21-17(22-11-14)18(2)7-3-4-8-24-18/h5-6,10-12H,3-4,7-9H2,1-2H3,(H,20,23)/t18-/m0/s1. The van der Waals surface area contributed by atoms with E-state index in [0.29, 0.717) is 17.9 Å². The van der Waals surface area contributed by atoms with Crippen molar-refractivity contribution < 1.29 is 9.53 Å². The largest absolute Gasteiger partial charge is 0.367 e. The van der Waals surface area contributed by atoms with Crippen LogP contribution in [0.1, 0.15) is 53.6 Å². The van der Waals surface area contributed by atoms with Crippen LogP contribution in [0.25, 0.3) is 0 Å². The van der Waals surface area contributed by atoms with Gasteiger partial charge in [0.05, 0.1) is 5.56 Å². The minimum absolute atomic E-state index is 0.158. The van der Waals surface area contributed by atoms with Crippen molar-refractivity contribution in [3.8, 4) is 0 Å². The molecule has 1 fully saturated rings. The van der Waals surface area contributed by atoms with Crippen LogP contribution in [0.4, 0.5) is 0 Å². The van der Waals surface area contributed by atoms with E-state index in [1.54, 1.807) is 24.7 Å². The van der Waals surface area contributed by atoms with Crippen LogP contribution in [0.15, 0.2) is 30.7 Å². The van der Waals surface area contributed by atoms with Crippen molar-refractivity contribution >= 4 is 5.91 Å². The van der Waals surface area contributed by atoms with Gasteiger partial charge in [-0.05, 0) is 45.2 Å². The summed E-state index contributed by atoms with van der Waals surface area (Å²) >= 11 is 0. The average molecular weight is 326 g/mol. The Bertz CT molecular complexity index is 692. The third kappa shape index (κ3) is 3.76. The van der Waals surface area contributed by atoms with Crippen molar-refractivity contribution in [1.82, 2.24) is 20.3 Å². The second-order valence-corrected chi connectivity index (χ2v) is 6.32. The second kappa shape index (κ2) is 7.05. The highest BCUT2D eigenvalue weighted by Gasteiger charge is 2.32. The predicted molar refractivity (Wildman–Crippen MR) is 89.3 cm³/mol. The molecule has 1 aliphatic rings. The van der Waals surface area contributed by atoms with E-state index < -0.39 is 5.60 Å². The maximum atomic E-state index is 12.1. The summed E-state index contributed by atoms with van der Waals surface area (Å²) in [6.07, 6.45) is 8.23. The first-order chi connectivity index (χ1) is 11.6. The van der Waals surface area contributed by atoms with Gasteiger partial charge >= 0.3 is 0 Å². The summed E-state index contributed by atoms with van der Waals surface area (Å²) < 4.78 is 5.86. The first-order valence-electron chi connectivity index (χ1n) is 8.23. The number of nitrogens with one attached hydrogen (secondary N) is 1. The monoisotopic (exact) mass is 326 g/mol. The van der Waals surface area contributed by atoms with Crippen molar-refractivity contribution in [3.05, 3.63) is 53.4 Å². The fourth-order valence-electron chi connectivity index (χ4n) is 2.72. The molecule has 1 amide bonds. The molecule has 1 atom stereocenters. The molecule has 1 saturated heterocycles. The van der Waals surface area contributed by atoms with E-state index in [0.717, 1.165) is 37.1 Å². The molecule has 0 aromatic carbocycles. The van der Waals surface area contributed by atoms with E-state index in [1.165, 1.54) is 0 Å². The molecule has 2 aromatic heterocycles. The summed E-state index contributed by atoms with van der Waals surface area (Å²) in [6.45, 7) is 5.05. The third-order valence-electron chi connectivity index (χ3n) is 4.27. The molecule has 6 heteroatoms. The smallest absolute Gasteiger partial charge is 0.253 e. The fraction of sp³-hybridized carbons (Fsp3) is 0.444. The molecule has 0 unspecified atom stereocenters. The van der Waals surface area contributed by atoms with E-state index in [9.17, 15) is 4.79 Å². The molecule has 6 nitrogen and oxygen atoms in total. The minimum atomic E-state index is -0.395. The normalized spacial score (nSPS) is 20.6. The lowest BCUT2D eigenvalue weighted by molar-refractivity contribution is -0.0760. The Morgan fingerprint density at radius 2 is 2.00 bits per heavy atom. The molecule has 0 radical (unpaired) electrons. The summed E-state index contributed by atoms with van der Waals surface area (Å²) in [5.74, 6) is 0.550. The maximum absolute atomic E-state index is 12.1. The van der Waals surface area contributed by atoms with E-state index in [2.05, 4.69) is 20.3 Å². The second-order valence-electron chi connectivity index (χ2n) is 6.32. The van der Waals surface area contributed by atoms with Crippen LogP contribution in [0.2, 0.25) is 0 Å². The lowest BCUT2D eigenvalue weighted by atomic mass is 9.95. The minimum Gasteiger partial charge on any atom is -0.367 e. The highest BCUT2D eigenvalue weighted by Crippen LogP contribution is 2.32. The highest BCUT2D eigenvalue weighted by atomic mass is 16.5. The van der Waals surface area contributed by atoms with Crippen molar-refractivity contribution in [2.24, 2.45) is 0 Å². The Labute approximate surface area is 141 Å². The molecule has 1 N–H and O–H groups in total. The predicted octanol–water partition coefficient (Wildman–Crippen LogP) is 2.53. The van der Waals surface area contributed by atoms with Gasteiger partial charge in [0.1, 0.15) is 5.60 Å². The molecule has 1 aliphatic heterocycles. The van der Waals surface area contributed by atoms with E-state index in [4.69, 9.17) is 4.74 Å². The van der Waals surface area contributed by atoms with Gasteiger partial charge in [-0.15, -0.1) is 0 Å². The Balaban J connectivity index is 1.60. The van der Waals surface area contributed by atoms with Gasteiger partial charge in [-0.3, -0.25) is 9.78 Å². The number of hydrogen-bond acceptors (Lipinski definition) is 5. The van der Waals surface area contributed by atoms with Crippen molar-refractivity contribution in [2.75, 3.05) is 6.61 Å². The number of carbonyl (C=O) groups is 1. The zero-order valence-corrected chi connectivity index (χ0v) is 14.1. The Kier molecular flexibility index (Phi) is 4.85. The maximum Gasteiger partial charge on any atom is 0.253 e. The number of aryl methyl sites for hydroxylation is 1. The number of amides is 1. The van der Waals surface area contributed by atoms with Crippen molar-refractivity contribution in [1.29, 1.82) is 0 Å². The lowest BCUT2D eigenvalue weighted by Gasteiger charge is -2.32. The zero-order chi connectivity index (χ0) is 17.0. The van der Waals surface area contributed by atoms with Crippen LogP contribution in [0.3, 0.4) is 0 Å². The Hall–Kier alpha value is -2.34. The quantitative estimate of drug-likeness (QED) is 0.934. The molecular weight excluding hydrogens is 304 g/mol. The molecule has 3 rings (SSSR count). The lowest BCUT2D eigenvalue weighted by Crippen LogP contribution is -2.32. The van der Waals surface area contributed by atoms with E-state index in [1.807, 2.05) is 19.9 Å². The van der Waals surface area contributed by atoms with Gasteiger partial charge < -0.3 is 10.1 Å². The van der Waals surface area contributed by atoms with Gasteiger partial charge in [0.2, 0.25) is 0 Å². The number of pyridine rings is 1. The first kappa shape index (κ1) is 16.5. The van der Waals surface area contributed by atoms with E-state index >= 15 is 0 Å². The van der Waals surface area contributed by atoms with E-state index in [-0.39, 0.29) is 5.91 Å². The van der Waals surface area contributed by atoms with Crippen LogP contribution in [-0.4, -0.2) is 27.5 Å². The Morgan fingerprint density at radius 1 is 1.21 bits per heavy atom. The number of hydrogen-bond donors (Lipinski definition) is 1. The zero-order valence-electron chi connectivity index (χ0n) is 14.1. The van der Waals surface area contributed by atoms with Crippen LogP contribution in [-0.2, 0) is 16.9 Å². The molecule has 3 heterocycles. The van der Waals surface area contributed by atoms with Gasteiger partial charge in [-0.1, -0.05) is 0 Å². The van der Waals surface area contributed by atoms with Gasteiger partial charge in [0, 0.05) is 43.0 Å². The number of nitrogens with zero attached hydrogens (tertiary/aromatic N) is 3. The van der Waals surface area contributed by atoms with Gasteiger partial charge in [-0.2, -0.15) is 0 Å². The molecule has 0 bridgehead atoms. The molecule has 2 aromatic rings. The summed E-state index contributed by atoms with van der Waals surface area (Å²) in [4.78, 5) is 25.1. The van der Waals surface area contributed by atoms with Crippen molar-refractivity contribution in [3.63, 3.8) is 0 Å². The molecule has 126 valence electrons. The summed E-state index contributed by atoms with van der Waals surface area (Å²) in [5, 5.41) is 2.85. The van der Waals surface area contributed by atoms with Crippen LogP contribution >= 0.6 is 0 Å². The molecule has 0 spiro atoms. The third-order valence-corrected chi connectivity index (χ3v) is 4.27. The summed E-state index contributed by atoms with van der Waals surface area (Å²) in [5.41, 5.74) is 1.88. The number of carbonyl (C=O) groups excluding carboxylic acids is 1. The average Bonchev–Trinajstić information content (AvgIpc) is 2.61. The molecule has 24 heavy (non-hydrogen) atoms. The summed E-state index contributed by atoms with van der Waals surface area (Å²) in [7, 11) is 0. The van der Waals surface area contributed by atoms with Gasteiger partial charge in [0.15, 0.2) is 5.82 Å².